The van der Waals surface area contributed by atoms with Crippen molar-refractivity contribution in [3.63, 3.8) is 0 Å². The molecule has 2 aliphatic heterocycles. The average molecular weight is 1150 g/mol. The van der Waals surface area contributed by atoms with Crippen LogP contribution in [0.3, 0.4) is 0 Å². The molecule has 23 heteroatoms. The molecule has 3 fully saturated rings. The molecule has 5 rings (SSSR count). The minimum atomic E-state index is -1.74. The topological polar surface area (TPSA) is 237 Å². The van der Waals surface area contributed by atoms with Crippen LogP contribution in [0.5, 0.6) is 5.75 Å². The van der Waals surface area contributed by atoms with Crippen LogP contribution in [0, 0.1) is 5.92 Å². The molecule has 0 bridgehead atoms. The number of pyridine rings is 1. The lowest BCUT2D eigenvalue weighted by molar-refractivity contribution is -0.162. The number of nitrogens with one attached hydrogen (secondary N) is 3. The van der Waals surface area contributed by atoms with Gasteiger partial charge < -0.3 is 54.0 Å². The highest BCUT2D eigenvalue weighted by atomic mass is 35.5. The van der Waals surface area contributed by atoms with E-state index in [1.165, 1.54) is 49.8 Å². The molecule has 2 saturated heterocycles. The van der Waals surface area contributed by atoms with Crippen LogP contribution >= 0.6 is 45.0 Å². The molecule has 1 unspecified atom stereocenters. The number of thioether (sulfide) groups is 1. The monoisotopic (exact) mass is 1150 g/mol. The van der Waals surface area contributed by atoms with Crippen molar-refractivity contribution in [3.05, 3.63) is 58.8 Å². The molecule has 1 aliphatic carbocycles. The molecule has 10 atom stereocenters. The first kappa shape index (κ1) is 63.4. The van der Waals surface area contributed by atoms with Crippen LogP contribution in [0.1, 0.15) is 112 Å². The Hall–Kier alpha value is -4.45. The number of alkyl carbamates (subject to hydrolysis) is 2. The van der Waals surface area contributed by atoms with Gasteiger partial charge in [-0.3, -0.25) is 19.7 Å². The first-order valence-corrected chi connectivity index (χ1v) is 29.6. The Morgan fingerprint density at radius 1 is 1.06 bits per heavy atom. The molecule has 0 radical (unpaired) electrons. The molecule has 3 heterocycles. The number of aromatic nitrogens is 1. The summed E-state index contributed by atoms with van der Waals surface area (Å²) in [6.45, 7) is 14.8. The van der Waals surface area contributed by atoms with Crippen molar-refractivity contribution in [1.82, 2.24) is 25.8 Å². The summed E-state index contributed by atoms with van der Waals surface area (Å²) in [6.07, 6.45) is 3.00. The standard InChI is InChI=1S/C54H79ClN6O13S3/c1-13-32(2)26-36-27-37(47(55)39(28-36)70-12)61(10)46(64)29-42(53(8)48(74-53)33(3)40-30-54(68,35(5)69-11)59-51(67)72-40)73-49(65)34(4)60(9)45(63)21-22-52(6,7)75-31-43(62)56-24-25-58-50(66)71-38-18-14-15-19-41(38)76-77-44-20-16-17-23-57-44/h13,16-17,20,23,27-28,33-35,38,40-42,48,68H,14-15,18-19,21-22,24-26,29-31H2,1-12H3,(H,56,62)(H,58,66)(H,59,67)/b32-13+/t33-,34+,35-,38+,40+,41+,42+,48+,53?,54+/m1/s1. The highest BCUT2D eigenvalue weighted by Crippen LogP contribution is 2.49. The number of carbonyl (C=O) groups is 6. The number of rotatable bonds is 27. The van der Waals surface area contributed by atoms with Gasteiger partial charge in [0.1, 0.15) is 51.9 Å². The number of hydrogen-bond acceptors (Lipinski definition) is 17. The van der Waals surface area contributed by atoms with Gasteiger partial charge in [-0.1, -0.05) is 67.3 Å². The second-order valence-corrected chi connectivity index (χ2v) is 25.3. The van der Waals surface area contributed by atoms with Gasteiger partial charge in [-0.25, -0.2) is 19.4 Å². The Morgan fingerprint density at radius 2 is 1.78 bits per heavy atom. The second-order valence-electron chi connectivity index (χ2n) is 20.8. The number of amides is 5. The van der Waals surface area contributed by atoms with E-state index in [2.05, 4.69) is 20.9 Å². The molecule has 77 heavy (non-hydrogen) atoms. The quantitative estimate of drug-likeness (QED) is 0.0164. The smallest absolute Gasteiger partial charge is 0.409 e. The first-order chi connectivity index (χ1) is 36.3. The van der Waals surface area contributed by atoms with Crippen LogP contribution < -0.4 is 25.6 Å². The normalized spacial score (nSPS) is 23.9. The maximum atomic E-state index is 14.4. The summed E-state index contributed by atoms with van der Waals surface area (Å²) in [5.74, 6) is -1.90. The van der Waals surface area contributed by atoms with E-state index in [-0.39, 0.29) is 66.3 Å². The van der Waals surface area contributed by atoms with E-state index in [0.29, 0.717) is 24.3 Å². The Kier molecular flexibility index (Phi) is 23.6. The number of esters is 1. The molecule has 1 aromatic carbocycles. The number of cyclic esters (lactones) is 1. The van der Waals surface area contributed by atoms with Crippen molar-refractivity contribution in [2.75, 3.05) is 52.1 Å². The molecular weight excluding hydrogens is 1070 g/mol. The lowest BCUT2D eigenvalue weighted by Gasteiger charge is -2.41. The molecule has 1 saturated carbocycles. The fourth-order valence-corrected chi connectivity index (χ4v) is 13.0. The Bertz CT molecular complexity index is 2410. The van der Waals surface area contributed by atoms with Crippen molar-refractivity contribution >= 4 is 86.5 Å². The molecule has 5 amide bonds. The predicted molar refractivity (Wildman–Crippen MR) is 300 cm³/mol. The van der Waals surface area contributed by atoms with Crippen LogP contribution in [-0.2, 0) is 49.3 Å². The van der Waals surface area contributed by atoms with Crippen LogP contribution in [0.4, 0.5) is 15.3 Å². The molecule has 0 spiro atoms. The number of nitrogens with zero attached hydrogens (tertiary/aromatic N) is 3. The number of likely N-dealkylation sites (N-methyl/N-ethyl adjacent to an activating group) is 1. The first-order valence-electron chi connectivity index (χ1n) is 26.1. The number of anilines is 1. The summed E-state index contributed by atoms with van der Waals surface area (Å²) in [4.78, 5) is 87.6. The average Bonchev–Trinajstić information content (AvgIpc) is 4.11. The van der Waals surface area contributed by atoms with Gasteiger partial charge in [0.05, 0.1) is 36.3 Å². The van der Waals surface area contributed by atoms with E-state index in [1.54, 1.807) is 61.7 Å². The summed E-state index contributed by atoms with van der Waals surface area (Å²) in [5.41, 5.74) is -0.700. The van der Waals surface area contributed by atoms with E-state index in [4.69, 9.17) is 40.0 Å². The number of ether oxygens (including phenoxy) is 6. The number of benzene rings is 1. The summed E-state index contributed by atoms with van der Waals surface area (Å²) in [6, 6.07) is 8.29. The number of carbonyl (C=O) groups excluding carboxylic acids is 6. The van der Waals surface area contributed by atoms with E-state index in [0.717, 1.165) is 41.8 Å². The third kappa shape index (κ3) is 17.8. The molecule has 428 valence electrons. The van der Waals surface area contributed by atoms with Crippen molar-refractivity contribution in [1.29, 1.82) is 0 Å². The van der Waals surface area contributed by atoms with E-state index in [9.17, 15) is 33.9 Å². The van der Waals surface area contributed by atoms with Gasteiger partial charge in [0.15, 0.2) is 5.72 Å². The molecule has 19 nitrogen and oxygen atoms in total. The zero-order valence-corrected chi connectivity index (χ0v) is 49.6. The second kappa shape index (κ2) is 28.6. The zero-order chi connectivity index (χ0) is 56.8. The van der Waals surface area contributed by atoms with Crippen LogP contribution in [0.2, 0.25) is 5.02 Å². The summed E-state index contributed by atoms with van der Waals surface area (Å²) in [5, 5.41) is 20.6. The van der Waals surface area contributed by atoms with Crippen molar-refractivity contribution in [2.45, 2.75) is 176 Å². The molecule has 2 aromatic rings. The Balaban J connectivity index is 1.15. The fourth-order valence-electron chi connectivity index (χ4n) is 9.11. The minimum Gasteiger partial charge on any atom is -0.495 e. The largest absolute Gasteiger partial charge is 0.495 e. The summed E-state index contributed by atoms with van der Waals surface area (Å²) in [7, 11) is 9.22. The number of allylic oxidation sites excluding steroid dienone is 2. The Labute approximate surface area is 470 Å². The number of aliphatic hydroxyl groups is 1. The highest BCUT2D eigenvalue weighted by molar-refractivity contribution is 8.76. The van der Waals surface area contributed by atoms with Crippen molar-refractivity contribution in [2.24, 2.45) is 5.92 Å². The number of methoxy groups -OCH3 is 2. The maximum absolute atomic E-state index is 14.4. The Morgan fingerprint density at radius 3 is 2.45 bits per heavy atom. The van der Waals surface area contributed by atoms with Crippen molar-refractivity contribution in [3.8, 4) is 5.75 Å². The van der Waals surface area contributed by atoms with Gasteiger partial charge in [-0.15, -0.1) is 11.8 Å². The van der Waals surface area contributed by atoms with E-state index in [1.807, 2.05) is 58.0 Å². The summed E-state index contributed by atoms with van der Waals surface area (Å²) < 4.78 is 34.4. The maximum Gasteiger partial charge on any atom is 0.409 e. The van der Waals surface area contributed by atoms with Crippen LogP contribution in [-0.4, -0.2) is 156 Å². The van der Waals surface area contributed by atoms with Gasteiger partial charge >= 0.3 is 18.2 Å². The predicted octanol–water partition coefficient (Wildman–Crippen LogP) is 8.27. The lowest BCUT2D eigenvalue weighted by atomic mass is 9.84. The van der Waals surface area contributed by atoms with E-state index < -0.39 is 76.5 Å². The van der Waals surface area contributed by atoms with Crippen molar-refractivity contribution < 1.29 is 62.3 Å². The van der Waals surface area contributed by atoms with Crippen LogP contribution in [0.15, 0.2) is 53.2 Å². The number of epoxide rings is 1. The third-order valence-electron chi connectivity index (χ3n) is 14.7. The minimum absolute atomic E-state index is 0.0424. The fraction of sp³-hybridized carbons (Fsp3) is 0.648. The van der Waals surface area contributed by atoms with Gasteiger partial charge in [-0.05, 0) is 107 Å². The zero-order valence-electron chi connectivity index (χ0n) is 46.4. The van der Waals surface area contributed by atoms with E-state index >= 15 is 0 Å². The van der Waals surface area contributed by atoms with Gasteiger partial charge in [0.25, 0.3) is 0 Å². The number of hydrogen-bond donors (Lipinski definition) is 4. The summed E-state index contributed by atoms with van der Waals surface area (Å²) >= 11 is 8.18. The van der Waals surface area contributed by atoms with Gasteiger partial charge in [0.2, 0.25) is 17.7 Å². The van der Waals surface area contributed by atoms with Gasteiger partial charge in [-0.2, -0.15) is 0 Å². The molecular formula is C54H79ClN6O13S3. The van der Waals surface area contributed by atoms with Gasteiger partial charge in [0, 0.05) is 64.0 Å². The third-order valence-corrected chi connectivity index (χ3v) is 19.3. The highest BCUT2D eigenvalue weighted by Gasteiger charge is 2.64. The molecule has 1 aromatic heterocycles. The lowest BCUT2D eigenvalue weighted by Crippen LogP contribution is -2.63. The SMILES string of the molecule is C/C=C(\C)Cc1cc(OC)c(Cl)c(N(C)C(=O)C[C@H](OC(=O)[C@H](C)N(C)C(=O)CCC(C)(C)SCC(=O)NCCNC(=O)O[C@H]2CCCC[C@@H]2SSc2ccccn2)C2(C)O[C@H]2[C@H](C)[C@@H]2C[C@](O)([C@@H](C)OC)NC(=O)O2)c1. The van der Waals surface area contributed by atoms with Crippen LogP contribution in [0.25, 0.3) is 0 Å². The molecule has 3 aliphatic rings. The number of halogens is 1. The molecule has 4 N–H and O–H groups in total.